The second-order valence-corrected chi connectivity index (χ2v) is 4.44. The smallest absolute Gasteiger partial charge is 0.149 e. The standard InChI is InChI=1S/C12H10BrNO2/c1-14-6-9-7-2-4-16-12(7)10(13)8-3-5-15-11(8)9/h2-5,14H,6H2,1H3. The van der Waals surface area contributed by atoms with E-state index in [-0.39, 0.29) is 0 Å². The fourth-order valence-electron chi connectivity index (χ4n) is 2.03. The molecule has 3 aromatic rings. The molecule has 0 unspecified atom stereocenters. The Kier molecular flexibility index (Phi) is 2.26. The minimum absolute atomic E-state index is 0.757. The highest BCUT2D eigenvalue weighted by Gasteiger charge is 2.16. The third-order valence-corrected chi connectivity index (χ3v) is 3.51. The lowest BCUT2D eigenvalue weighted by atomic mass is 10.1. The van der Waals surface area contributed by atoms with Gasteiger partial charge in [0.2, 0.25) is 0 Å². The first kappa shape index (κ1) is 9.93. The van der Waals surface area contributed by atoms with E-state index in [2.05, 4.69) is 21.2 Å². The molecule has 1 N–H and O–H groups in total. The van der Waals surface area contributed by atoms with Crippen molar-refractivity contribution in [2.45, 2.75) is 6.54 Å². The zero-order valence-electron chi connectivity index (χ0n) is 8.71. The molecule has 3 nitrogen and oxygen atoms in total. The second kappa shape index (κ2) is 3.64. The average molecular weight is 280 g/mol. The lowest BCUT2D eigenvalue weighted by Crippen LogP contribution is -2.05. The van der Waals surface area contributed by atoms with Gasteiger partial charge in [0.15, 0.2) is 0 Å². The van der Waals surface area contributed by atoms with E-state index < -0.39 is 0 Å². The maximum absolute atomic E-state index is 5.55. The van der Waals surface area contributed by atoms with Gasteiger partial charge in [-0.15, -0.1) is 0 Å². The van der Waals surface area contributed by atoms with Gasteiger partial charge in [0.05, 0.1) is 17.0 Å². The van der Waals surface area contributed by atoms with E-state index in [0.717, 1.165) is 38.5 Å². The molecule has 0 aliphatic rings. The number of hydrogen-bond acceptors (Lipinski definition) is 3. The molecule has 82 valence electrons. The number of fused-ring (bicyclic) bond motifs is 2. The molecule has 0 saturated carbocycles. The molecule has 0 fully saturated rings. The summed E-state index contributed by atoms with van der Waals surface area (Å²) in [6.07, 6.45) is 3.40. The SMILES string of the molecule is CNCc1c2ccoc2c(Br)c2ccoc12. The molecule has 0 amide bonds. The summed E-state index contributed by atoms with van der Waals surface area (Å²) in [5.41, 5.74) is 2.92. The fourth-order valence-corrected chi connectivity index (χ4v) is 2.65. The summed E-state index contributed by atoms with van der Waals surface area (Å²) in [7, 11) is 1.92. The molecule has 16 heavy (non-hydrogen) atoms. The molecule has 0 bridgehead atoms. The van der Waals surface area contributed by atoms with Gasteiger partial charge in [-0.2, -0.15) is 0 Å². The Morgan fingerprint density at radius 1 is 1.12 bits per heavy atom. The molecule has 2 aromatic heterocycles. The van der Waals surface area contributed by atoms with Gasteiger partial charge in [0.25, 0.3) is 0 Å². The van der Waals surface area contributed by atoms with E-state index in [4.69, 9.17) is 8.83 Å². The summed E-state index contributed by atoms with van der Waals surface area (Å²) in [5.74, 6) is 0. The number of nitrogens with one attached hydrogen (secondary N) is 1. The predicted octanol–water partition coefficient (Wildman–Crippen LogP) is 3.66. The monoisotopic (exact) mass is 279 g/mol. The zero-order valence-corrected chi connectivity index (χ0v) is 10.3. The van der Waals surface area contributed by atoms with Crippen LogP contribution in [0.2, 0.25) is 0 Å². The number of benzene rings is 1. The maximum atomic E-state index is 5.55. The molecule has 2 heterocycles. The van der Waals surface area contributed by atoms with Crippen molar-refractivity contribution in [1.29, 1.82) is 0 Å². The molecule has 0 aliphatic heterocycles. The molecular formula is C12H10BrNO2. The normalized spacial score (nSPS) is 11.6. The summed E-state index contributed by atoms with van der Waals surface area (Å²) < 4.78 is 12.0. The average Bonchev–Trinajstić information content (AvgIpc) is 2.92. The quantitative estimate of drug-likeness (QED) is 0.778. The van der Waals surface area contributed by atoms with E-state index in [0.29, 0.717) is 0 Å². The van der Waals surface area contributed by atoms with Crippen LogP contribution in [-0.2, 0) is 6.54 Å². The van der Waals surface area contributed by atoms with Crippen molar-refractivity contribution in [1.82, 2.24) is 5.32 Å². The van der Waals surface area contributed by atoms with Crippen LogP contribution in [0, 0.1) is 0 Å². The first-order valence-electron chi connectivity index (χ1n) is 5.02. The van der Waals surface area contributed by atoms with Gasteiger partial charge in [-0.25, -0.2) is 0 Å². The summed E-state index contributed by atoms with van der Waals surface area (Å²) in [6, 6.07) is 3.91. The predicted molar refractivity (Wildman–Crippen MR) is 66.4 cm³/mol. The molecule has 0 atom stereocenters. The summed E-state index contributed by atoms with van der Waals surface area (Å²) in [4.78, 5) is 0. The van der Waals surface area contributed by atoms with Gasteiger partial charge in [-0.1, -0.05) is 0 Å². The van der Waals surface area contributed by atoms with Crippen molar-refractivity contribution in [3.8, 4) is 0 Å². The van der Waals surface area contributed by atoms with Crippen LogP contribution in [0.25, 0.3) is 21.9 Å². The lowest BCUT2D eigenvalue weighted by Gasteiger charge is -2.05. The van der Waals surface area contributed by atoms with E-state index in [1.165, 1.54) is 0 Å². The van der Waals surface area contributed by atoms with E-state index in [1.54, 1.807) is 12.5 Å². The second-order valence-electron chi connectivity index (χ2n) is 3.65. The van der Waals surface area contributed by atoms with Crippen LogP contribution in [0.3, 0.4) is 0 Å². The Balaban J connectivity index is 2.51. The van der Waals surface area contributed by atoms with E-state index in [1.807, 2.05) is 19.2 Å². The van der Waals surface area contributed by atoms with Crippen LogP contribution in [-0.4, -0.2) is 7.05 Å². The van der Waals surface area contributed by atoms with Crippen molar-refractivity contribution in [3.63, 3.8) is 0 Å². The van der Waals surface area contributed by atoms with Gasteiger partial charge in [-0.05, 0) is 35.1 Å². The van der Waals surface area contributed by atoms with E-state index in [9.17, 15) is 0 Å². The topological polar surface area (TPSA) is 38.3 Å². The van der Waals surface area contributed by atoms with Crippen molar-refractivity contribution < 1.29 is 8.83 Å². The number of halogens is 1. The summed E-state index contributed by atoms with van der Waals surface area (Å²) in [6.45, 7) is 0.757. The fraction of sp³-hybridized carbons (Fsp3) is 0.167. The highest BCUT2D eigenvalue weighted by atomic mass is 79.9. The van der Waals surface area contributed by atoms with Gasteiger partial charge in [-0.3, -0.25) is 0 Å². The van der Waals surface area contributed by atoms with Crippen molar-refractivity contribution >= 4 is 37.9 Å². The third kappa shape index (κ3) is 1.23. The molecule has 0 saturated heterocycles. The number of rotatable bonds is 2. The minimum Gasteiger partial charge on any atom is -0.464 e. The number of hydrogen-bond donors (Lipinski definition) is 1. The molecule has 0 spiro atoms. The van der Waals surface area contributed by atoms with Crippen LogP contribution < -0.4 is 5.32 Å². The highest BCUT2D eigenvalue weighted by molar-refractivity contribution is 9.10. The van der Waals surface area contributed by atoms with Crippen LogP contribution in [0.15, 0.2) is 38.0 Å². The molecule has 0 radical (unpaired) electrons. The largest absolute Gasteiger partial charge is 0.464 e. The minimum atomic E-state index is 0.757. The van der Waals surface area contributed by atoms with Gasteiger partial charge in [0, 0.05) is 22.9 Å². The first-order chi connectivity index (χ1) is 7.83. The summed E-state index contributed by atoms with van der Waals surface area (Å²) >= 11 is 3.55. The Morgan fingerprint density at radius 2 is 1.81 bits per heavy atom. The van der Waals surface area contributed by atoms with Crippen molar-refractivity contribution in [2.24, 2.45) is 0 Å². The van der Waals surface area contributed by atoms with Gasteiger partial charge < -0.3 is 14.2 Å². The first-order valence-corrected chi connectivity index (χ1v) is 5.81. The van der Waals surface area contributed by atoms with Crippen LogP contribution in [0.4, 0.5) is 0 Å². The van der Waals surface area contributed by atoms with E-state index >= 15 is 0 Å². The van der Waals surface area contributed by atoms with Gasteiger partial charge >= 0.3 is 0 Å². The molecule has 4 heteroatoms. The number of furan rings is 2. The molecular weight excluding hydrogens is 270 g/mol. The Hall–Kier alpha value is -1.26. The lowest BCUT2D eigenvalue weighted by molar-refractivity contribution is 0.605. The Morgan fingerprint density at radius 3 is 2.56 bits per heavy atom. The van der Waals surface area contributed by atoms with Crippen molar-refractivity contribution in [3.05, 3.63) is 34.7 Å². The van der Waals surface area contributed by atoms with Crippen LogP contribution in [0.5, 0.6) is 0 Å². The van der Waals surface area contributed by atoms with Crippen LogP contribution >= 0.6 is 15.9 Å². The Bertz CT molecular complexity index is 602. The summed E-state index contributed by atoms with van der Waals surface area (Å²) in [5, 5.41) is 5.29. The van der Waals surface area contributed by atoms with Crippen molar-refractivity contribution in [2.75, 3.05) is 7.05 Å². The maximum Gasteiger partial charge on any atom is 0.149 e. The van der Waals surface area contributed by atoms with Gasteiger partial charge in [0.1, 0.15) is 11.2 Å². The third-order valence-electron chi connectivity index (χ3n) is 2.72. The molecule has 3 rings (SSSR count). The highest BCUT2D eigenvalue weighted by Crippen LogP contribution is 2.37. The Labute approximate surface area is 101 Å². The zero-order chi connectivity index (χ0) is 11.1. The molecule has 0 aliphatic carbocycles. The van der Waals surface area contributed by atoms with Crippen LogP contribution in [0.1, 0.15) is 5.56 Å². The molecule has 1 aromatic carbocycles.